The van der Waals surface area contributed by atoms with Gasteiger partial charge in [-0.2, -0.15) is 0 Å². The van der Waals surface area contributed by atoms with E-state index in [1.54, 1.807) is 11.8 Å². The number of aryl methyl sites for hydroxylation is 1. The predicted octanol–water partition coefficient (Wildman–Crippen LogP) is 2.89. The van der Waals surface area contributed by atoms with Crippen molar-refractivity contribution >= 4 is 28.3 Å². The lowest BCUT2D eigenvalue weighted by Gasteiger charge is -2.22. The fraction of sp³-hybridized carbons (Fsp3) is 0.348. The SMILES string of the molecule is CC(=O)N1C[C@H](O)C[C@@H]1c1nc(-c2ccc3c(c2)NCCC3)c2cnc3[nH]ccc3n12. The average molecular weight is 416 g/mol. The zero-order valence-corrected chi connectivity index (χ0v) is 17.3. The number of H-pyrrole nitrogens is 1. The molecule has 0 aliphatic carbocycles. The number of nitrogens with one attached hydrogen (secondary N) is 2. The number of aromatic nitrogens is 4. The molecule has 0 bridgehead atoms. The van der Waals surface area contributed by atoms with Crippen molar-refractivity contribution in [2.75, 3.05) is 18.4 Å². The number of aromatic amines is 1. The molecule has 0 saturated carbocycles. The molecule has 1 saturated heterocycles. The molecule has 0 radical (unpaired) electrons. The fourth-order valence-electron chi connectivity index (χ4n) is 5.04. The second-order valence-electron chi connectivity index (χ2n) is 8.49. The number of carbonyl (C=O) groups excluding carboxylic acids is 1. The molecule has 0 unspecified atom stereocenters. The van der Waals surface area contributed by atoms with Crippen LogP contribution in [0.2, 0.25) is 0 Å². The van der Waals surface area contributed by atoms with Crippen LogP contribution in [-0.4, -0.2) is 54.5 Å². The first-order chi connectivity index (χ1) is 15.1. The number of aliphatic hydroxyl groups excluding tert-OH is 1. The van der Waals surface area contributed by atoms with E-state index in [1.165, 1.54) is 5.56 Å². The number of rotatable bonds is 2. The first kappa shape index (κ1) is 18.4. The normalized spacial score (nSPS) is 20.9. The predicted molar refractivity (Wildman–Crippen MR) is 118 cm³/mol. The van der Waals surface area contributed by atoms with E-state index >= 15 is 0 Å². The topological polar surface area (TPSA) is 98.6 Å². The molecule has 2 aliphatic heterocycles. The van der Waals surface area contributed by atoms with Gasteiger partial charge in [0.15, 0.2) is 5.65 Å². The number of benzene rings is 1. The van der Waals surface area contributed by atoms with Crippen LogP contribution >= 0.6 is 0 Å². The Morgan fingerprint density at radius 2 is 2.16 bits per heavy atom. The number of imidazole rings is 1. The highest BCUT2D eigenvalue weighted by Gasteiger charge is 2.37. The average Bonchev–Trinajstić information content (AvgIpc) is 3.48. The summed E-state index contributed by atoms with van der Waals surface area (Å²) in [4.78, 5) is 26.8. The Morgan fingerprint density at radius 1 is 1.26 bits per heavy atom. The van der Waals surface area contributed by atoms with Crippen molar-refractivity contribution in [1.82, 2.24) is 24.3 Å². The van der Waals surface area contributed by atoms with Gasteiger partial charge in [0, 0.05) is 43.9 Å². The summed E-state index contributed by atoms with van der Waals surface area (Å²) in [6.45, 7) is 2.85. The second-order valence-corrected chi connectivity index (χ2v) is 8.49. The van der Waals surface area contributed by atoms with Crippen LogP contribution in [0.1, 0.15) is 37.2 Å². The Hall–Kier alpha value is -3.39. The summed E-state index contributed by atoms with van der Waals surface area (Å²) in [7, 11) is 0. The highest BCUT2D eigenvalue weighted by atomic mass is 16.3. The lowest BCUT2D eigenvalue weighted by Crippen LogP contribution is -2.30. The minimum atomic E-state index is -0.554. The quantitative estimate of drug-likeness (QED) is 0.467. The van der Waals surface area contributed by atoms with E-state index in [2.05, 4.69) is 37.9 Å². The highest BCUT2D eigenvalue weighted by molar-refractivity contribution is 5.85. The number of anilines is 1. The molecule has 3 N–H and O–H groups in total. The van der Waals surface area contributed by atoms with Crippen LogP contribution in [0.5, 0.6) is 0 Å². The molecule has 2 atom stereocenters. The summed E-state index contributed by atoms with van der Waals surface area (Å²) in [5.74, 6) is 0.701. The van der Waals surface area contributed by atoms with Gasteiger partial charge in [0.05, 0.1) is 35.1 Å². The monoisotopic (exact) mass is 416 g/mol. The molecule has 1 aromatic carbocycles. The molecule has 1 fully saturated rings. The molecule has 3 aromatic heterocycles. The van der Waals surface area contributed by atoms with Gasteiger partial charge in [0.2, 0.25) is 5.91 Å². The van der Waals surface area contributed by atoms with Crippen LogP contribution in [0.25, 0.3) is 27.9 Å². The van der Waals surface area contributed by atoms with E-state index in [1.807, 2.05) is 18.5 Å². The van der Waals surface area contributed by atoms with Crippen molar-refractivity contribution in [1.29, 1.82) is 0 Å². The Bertz CT molecular complexity index is 1320. The molecule has 158 valence electrons. The molecule has 0 spiro atoms. The lowest BCUT2D eigenvalue weighted by molar-refractivity contribution is -0.130. The molecule has 8 nitrogen and oxygen atoms in total. The van der Waals surface area contributed by atoms with E-state index in [0.29, 0.717) is 13.0 Å². The number of β-amino-alcohol motifs (C(OH)–C–C–N with tert-alkyl or cyclic N) is 1. The van der Waals surface area contributed by atoms with Gasteiger partial charge >= 0.3 is 0 Å². The summed E-state index contributed by atoms with van der Waals surface area (Å²) in [5, 5.41) is 13.8. The molecular formula is C23H24N6O2. The standard InChI is InChI=1S/C23H24N6O2/c1-13(30)28-12-16(31)10-19(28)23-27-21(15-5-4-14-3-2-7-24-17(14)9-15)20-11-26-22-18(29(20)23)6-8-25-22/h4-6,8-9,11,16,19,24-25,31H,2-3,7,10,12H2,1H3/t16-,19-/m1/s1. The van der Waals surface area contributed by atoms with Crippen molar-refractivity contribution in [3.63, 3.8) is 0 Å². The molecule has 8 heteroatoms. The Morgan fingerprint density at radius 3 is 3.03 bits per heavy atom. The summed E-state index contributed by atoms with van der Waals surface area (Å²) < 4.78 is 2.08. The third-order valence-electron chi connectivity index (χ3n) is 6.50. The van der Waals surface area contributed by atoms with Crippen molar-refractivity contribution in [3.05, 3.63) is 48.0 Å². The number of likely N-dealkylation sites (tertiary alicyclic amines) is 1. The highest BCUT2D eigenvalue weighted by Crippen LogP contribution is 2.37. The maximum atomic E-state index is 12.3. The second kappa shape index (κ2) is 6.81. The van der Waals surface area contributed by atoms with Crippen molar-refractivity contribution in [2.45, 2.75) is 38.3 Å². The molecule has 1 amide bonds. The maximum Gasteiger partial charge on any atom is 0.220 e. The zero-order chi connectivity index (χ0) is 21.1. The first-order valence-electron chi connectivity index (χ1n) is 10.8. The largest absolute Gasteiger partial charge is 0.391 e. The van der Waals surface area contributed by atoms with Crippen molar-refractivity contribution in [2.24, 2.45) is 0 Å². The number of fused-ring (bicyclic) bond motifs is 4. The Kier molecular flexibility index (Phi) is 4.04. The van der Waals surface area contributed by atoms with Crippen molar-refractivity contribution in [3.8, 4) is 11.3 Å². The fourth-order valence-corrected chi connectivity index (χ4v) is 5.04. The van der Waals surface area contributed by atoms with Gasteiger partial charge in [-0.05, 0) is 30.5 Å². The minimum Gasteiger partial charge on any atom is -0.391 e. The van der Waals surface area contributed by atoms with Gasteiger partial charge < -0.3 is 20.3 Å². The van der Waals surface area contributed by atoms with Gasteiger partial charge in [-0.15, -0.1) is 0 Å². The molecule has 5 heterocycles. The number of nitrogens with zero attached hydrogens (tertiary/aromatic N) is 4. The lowest BCUT2D eigenvalue weighted by atomic mass is 10.00. The number of aliphatic hydroxyl groups is 1. The third kappa shape index (κ3) is 2.82. The Labute approximate surface area is 178 Å². The number of hydrogen-bond donors (Lipinski definition) is 3. The van der Waals surface area contributed by atoms with Crippen LogP contribution in [0.15, 0.2) is 36.7 Å². The van der Waals surface area contributed by atoms with E-state index < -0.39 is 6.10 Å². The van der Waals surface area contributed by atoms with Gasteiger partial charge in [-0.3, -0.25) is 9.20 Å². The maximum absolute atomic E-state index is 12.3. The van der Waals surface area contributed by atoms with Gasteiger partial charge in [0.1, 0.15) is 5.82 Å². The van der Waals surface area contributed by atoms with Gasteiger partial charge in [-0.25, -0.2) is 9.97 Å². The molecule has 4 aromatic rings. The summed E-state index contributed by atoms with van der Waals surface area (Å²) in [6, 6.07) is 8.14. The van der Waals surface area contributed by atoms with Crippen LogP contribution in [0.4, 0.5) is 5.69 Å². The number of amides is 1. The van der Waals surface area contributed by atoms with E-state index in [-0.39, 0.29) is 11.9 Å². The summed E-state index contributed by atoms with van der Waals surface area (Å²) in [5.41, 5.74) is 6.90. The third-order valence-corrected chi connectivity index (χ3v) is 6.50. The molecule has 6 rings (SSSR count). The van der Waals surface area contributed by atoms with Crippen LogP contribution in [0, 0.1) is 0 Å². The van der Waals surface area contributed by atoms with E-state index in [9.17, 15) is 9.90 Å². The smallest absolute Gasteiger partial charge is 0.220 e. The summed E-state index contributed by atoms with van der Waals surface area (Å²) >= 11 is 0. The minimum absolute atomic E-state index is 0.0581. The van der Waals surface area contributed by atoms with Gasteiger partial charge in [-0.1, -0.05) is 12.1 Å². The van der Waals surface area contributed by atoms with Crippen LogP contribution < -0.4 is 5.32 Å². The van der Waals surface area contributed by atoms with Crippen LogP contribution in [0.3, 0.4) is 0 Å². The van der Waals surface area contributed by atoms with E-state index in [0.717, 1.165) is 58.8 Å². The van der Waals surface area contributed by atoms with Crippen LogP contribution in [-0.2, 0) is 11.2 Å². The number of hydrogen-bond acceptors (Lipinski definition) is 5. The Balaban J connectivity index is 1.59. The molecule has 31 heavy (non-hydrogen) atoms. The zero-order valence-electron chi connectivity index (χ0n) is 17.3. The number of carbonyl (C=O) groups is 1. The van der Waals surface area contributed by atoms with Crippen molar-refractivity contribution < 1.29 is 9.90 Å². The summed E-state index contributed by atoms with van der Waals surface area (Å²) in [6.07, 6.45) is 5.83. The first-order valence-corrected chi connectivity index (χ1v) is 10.8. The molecular weight excluding hydrogens is 392 g/mol. The van der Waals surface area contributed by atoms with E-state index in [4.69, 9.17) is 4.98 Å². The van der Waals surface area contributed by atoms with Gasteiger partial charge in [0.25, 0.3) is 0 Å². The molecule has 2 aliphatic rings.